The van der Waals surface area contributed by atoms with Crippen molar-refractivity contribution in [3.05, 3.63) is 58.6 Å². The minimum absolute atomic E-state index is 0.630. The fourth-order valence-electron chi connectivity index (χ4n) is 2.04. The van der Waals surface area contributed by atoms with Crippen LogP contribution in [0.25, 0.3) is 16.6 Å². The molecule has 5 heteroatoms. The molecule has 19 heavy (non-hydrogen) atoms. The van der Waals surface area contributed by atoms with Crippen LogP contribution in [0.3, 0.4) is 0 Å². The summed E-state index contributed by atoms with van der Waals surface area (Å²) in [5.74, 6) is -0.862. The van der Waals surface area contributed by atoms with Crippen LogP contribution in [0.2, 0.25) is 0 Å². The number of pyridine rings is 1. The molecule has 0 aliphatic carbocycles. The van der Waals surface area contributed by atoms with Gasteiger partial charge in [0.05, 0.1) is 5.52 Å². The first kappa shape index (κ1) is 12.3. The van der Waals surface area contributed by atoms with Gasteiger partial charge in [0.1, 0.15) is 10.4 Å². The van der Waals surface area contributed by atoms with Crippen molar-refractivity contribution in [2.24, 2.45) is 0 Å². The van der Waals surface area contributed by atoms with E-state index in [2.05, 4.69) is 20.9 Å². The van der Waals surface area contributed by atoms with Gasteiger partial charge in [-0.3, -0.25) is 0 Å². The van der Waals surface area contributed by atoms with E-state index in [1.165, 1.54) is 6.07 Å². The van der Waals surface area contributed by atoms with Crippen molar-refractivity contribution >= 4 is 21.4 Å². The average molecular weight is 323 g/mol. The van der Waals surface area contributed by atoms with Crippen molar-refractivity contribution in [2.45, 2.75) is 6.92 Å². The van der Waals surface area contributed by atoms with Crippen molar-refractivity contribution in [2.75, 3.05) is 0 Å². The fourth-order valence-corrected chi connectivity index (χ4v) is 2.62. The van der Waals surface area contributed by atoms with Gasteiger partial charge in [-0.25, -0.2) is 13.8 Å². The number of fused-ring (bicyclic) bond motifs is 1. The monoisotopic (exact) mass is 322 g/mol. The molecule has 3 aromatic rings. The number of nitrogens with zero attached hydrogens (tertiary/aromatic N) is 2. The summed E-state index contributed by atoms with van der Waals surface area (Å²) < 4.78 is 28.9. The Bertz CT molecular complexity index is 780. The van der Waals surface area contributed by atoms with E-state index >= 15 is 0 Å². The molecule has 2 heterocycles. The lowest BCUT2D eigenvalue weighted by Gasteiger charge is -2.04. The lowest BCUT2D eigenvalue weighted by molar-refractivity contribution is 0.509. The number of rotatable bonds is 1. The molecule has 0 saturated heterocycles. The molecule has 0 fully saturated rings. The molecule has 3 rings (SSSR count). The van der Waals surface area contributed by atoms with Gasteiger partial charge in [-0.1, -0.05) is 12.1 Å². The Hall–Kier alpha value is -1.75. The topological polar surface area (TPSA) is 17.3 Å². The van der Waals surface area contributed by atoms with Gasteiger partial charge >= 0.3 is 0 Å². The van der Waals surface area contributed by atoms with Gasteiger partial charge in [0.15, 0.2) is 11.6 Å². The second-order valence-electron chi connectivity index (χ2n) is 4.25. The van der Waals surface area contributed by atoms with E-state index in [1.807, 2.05) is 29.7 Å². The molecular formula is C14H9BrF2N2. The molecule has 2 nitrogen and oxygen atoms in total. The Morgan fingerprint density at radius 3 is 2.53 bits per heavy atom. The zero-order valence-electron chi connectivity index (χ0n) is 9.99. The van der Waals surface area contributed by atoms with Crippen molar-refractivity contribution in [1.82, 2.24) is 9.38 Å². The molecule has 0 saturated carbocycles. The Labute approximate surface area is 116 Å². The first-order chi connectivity index (χ1) is 9.06. The van der Waals surface area contributed by atoms with Crippen LogP contribution in [0, 0.1) is 18.6 Å². The molecule has 0 radical (unpaired) electrons. The first-order valence-corrected chi connectivity index (χ1v) is 6.45. The van der Waals surface area contributed by atoms with E-state index in [0.717, 1.165) is 27.6 Å². The SMILES string of the molecule is Cc1nc(Br)c2ccc(-c3ccc(F)c(F)c3)cn12. The minimum Gasteiger partial charge on any atom is -0.302 e. The van der Waals surface area contributed by atoms with E-state index in [0.29, 0.717) is 5.56 Å². The summed E-state index contributed by atoms with van der Waals surface area (Å²) in [6.45, 7) is 1.88. The lowest BCUT2D eigenvalue weighted by atomic mass is 10.1. The summed E-state index contributed by atoms with van der Waals surface area (Å²) in [7, 11) is 0. The quantitative estimate of drug-likeness (QED) is 0.651. The largest absolute Gasteiger partial charge is 0.302 e. The van der Waals surface area contributed by atoms with Gasteiger partial charge < -0.3 is 4.40 Å². The van der Waals surface area contributed by atoms with Gasteiger partial charge in [0.2, 0.25) is 0 Å². The molecule has 0 unspecified atom stereocenters. The summed E-state index contributed by atoms with van der Waals surface area (Å²) in [5.41, 5.74) is 2.37. The Morgan fingerprint density at radius 1 is 1.05 bits per heavy atom. The maximum absolute atomic E-state index is 13.3. The van der Waals surface area contributed by atoms with E-state index < -0.39 is 11.6 Å². The number of aromatic nitrogens is 2. The molecule has 0 bridgehead atoms. The van der Waals surface area contributed by atoms with E-state index in [4.69, 9.17) is 0 Å². The lowest BCUT2D eigenvalue weighted by Crippen LogP contribution is -1.90. The summed E-state index contributed by atoms with van der Waals surface area (Å²) in [6, 6.07) is 7.62. The van der Waals surface area contributed by atoms with Crippen LogP contribution in [0.4, 0.5) is 8.78 Å². The standard InChI is InChI=1S/C14H9BrF2N2/c1-8-18-14(15)13-5-3-10(7-19(8)13)9-2-4-11(16)12(17)6-9/h2-7H,1H3. The van der Waals surface area contributed by atoms with Gasteiger partial charge in [0.25, 0.3) is 0 Å². The highest BCUT2D eigenvalue weighted by atomic mass is 79.9. The maximum Gasteiger partial charge on any atom is 0.159 e. The fraction of sp³-hybridized carbons (Fsp3) is 0.0714. The van der Waals surface area contributed by atoms with E-state index in [-0.39, 0.29) is 0 Å². The van der Waals surface area contributed by atoms with Crippen LogP contribution >= 0.6 is 15.9 Å². The van der Waals surface area contributed by atoms with Crippen molar-refractivity contribution in [3.8, 4) is 11.1 Å². The van der Waals surface area contributed by atoms with Crippen LogP contribution < -0.4 is 0 Å². The third kappa shape index (κ3) is 2.04. The van der Waals surface area contributed by atoms with Crippen molar-refractivity contribution in [3.63, 3.8) is 0 Å². The minimum atomic E-state index is -0.846. The highest BCUT2D eigenvalue weighted by Gasteiger charge is 2.08. The molecule has 0 amide bonds. The highest BCUT2D eigenvalue weighted by Crippen LogP contribution is 2.25. The van der Waals surface area contributed by atoms with Gasteiger partial charge in [-0.2, -0.15) is 0 Å². The molecule has 1 aromatic carbocycles. The predicted molar refractivity (Wildman–Crippen MR) is 73.0 cm³/mol. The second kappa shape index (κ2) is 4.42. The summed E-state index contributed by atoms with van der Waals surface area (Å²) in [5, 5.41) is 0. The number of imidazole rings is 1. The number of benzene rings is 1. The molecule has 0 atom stereocenters. The number of hydrogen-bond acceptors (Lipinski definition) is 1. The molecule has 96 valence electrons. The summed E-state index contributed by atoms with van der Waals surface area (Å²) in [4.78, 5) is 4.30. The third-order valence-corrected chi connectivity index (χ3v) is 3.60. The van der Waals surface area contributed by atoms with Crippen molar-refractivity contribution < 1.29 is 8.78 Å². The summed E-state index contributed by atoms with van der Waals surface area (Å²) in [6.07, 6.45) is 1.86. The van der Waals surface area contributed by atoms with Gasteiger partial charge in [0, 0.05) is 6.20 Å². The molecular weight excluding hydrogens is 314 g/mol. The molecule has 0 aliphatic rings. The van der Waals surface area contributed by atoms with Crippen LogP contribution in [0.15, 0.2) is 41.1 Å². The van der Waals surface area contributed by atoms with Crippen LogP contribution in [-0.4, -0.2) is 9.38 Å². The number of hydrogen-bond donors (Lipinski definition) is 0. The Balaban J connectivity index is 2.19. The first-order valence-electron chi connectivity index (χ1n) is 5.66. The van der Waals surface area contributed by atoms with Gasteiger partial charge in [-0.15, -0.1) is 0 Å². The molecule has 0 aliphatic heterocycles. The molecule has 0 N–H and O–H groups in total. The second-order valence-corrected chi connectivity index (χ2v) is 5.00. The van der Waals surface area contributed by atoms with Crippen LogP contribution in [0.1, 0.15) is 5.82 Å². The average Bonchev–Trinajstić information content (AvgIpc) is 2.68. The van der Waals surface area contributed by atoms with E-state index in [1.54, 1.807) is 6.07 Å². The number of aryl methyl sites for hydroxylation is 1. The molecule has 0 spiro atoms. The Kier molecular flexibility index (Phi) is 2.86. The van der Waals surface area contributed by atoms with Crippen LogP contribution in [-0.2, 0) is 0 Å². The van der Waals surface area contributed by atoms with Crippen LogP contribution in [0.5, 0.6) is 0 Å². The Morgan fingerprint density at radius 2 is 1.79 bits per heavy atom. The third-order valence-electron chi connectivity index (χ3n) is 3.02. The van der Waals surface area contributed by atoms with Gasteiger partial charge in [-0.05, 0) is 52.2 Å². The summed E-state index contributed by atoms with van der Waals surface area (Å²) >= 11 is 3.38. The van der Waals surface area contributed by atoms with Crippen molar-refractivity contribution in [1.29, 1.82) is 0 Å². The van der Waals surface area contributed by atoms with E-state index in [9.17, 15) is 8.78 Å². The number of halogens is 3. The predicted octanol–water partition coefficient (Wildman–Crippen LogP) is 4.35. The highest BCUT2D eigenvalue weighted by molar-refractivity contribution is 9.10. The smallest absolute Gasteiger partial charge is 0.159 e. The zero-order valence-corrected chi connectivity index (χ0v) is 11.6. The molecule has 2 aromatic heterocycles. The zero-order chi connectivity index (χ0) is 13.6. The maximum atomic E-state index is 13.3. The normalized spacial score (nSPS) is 11.2.